The lowest BCUT2D eigenvalue weighted by Gasteiger charge is -2.04. The maximum atomic E-state index is 2.39. The second-order valence-electron chi connectivity index (χ2n) is 12.0. The van der Waals surface area contributed by atoms with Crippen molar-refractivity contribution in [3.63, 3.8) is 0 Å². The van der Waals surface area contributed by atoms with Crippen LogP contribution in [0.15, 0.2) is 24.5 Å². The zero-order valence-electron chi connectivity index (χ0n) is 25.8. The third-order valence-corrected chi connectivity index (χ3v) is 8.30. The Labute approximate surface area is 234 Å². The van der Waals surface area contributed by atoms with E-state index in [9.17, 15) is 0 Å². The molecule has 0 unspecified atom stereocenters. The summed E-state index contributed by atoms with van der Waals surface area (Å²) >= 11 is 0. The molecule has 0 amide bonds. The van der Waals surface area contributed by atoms with E-state index in [-0.39, 0.29) is 0 Å². The Morgan fingerprint density at radius 1 is 0.378 bits per heavy atom. The fraction of sp³-hybridized carbons (Fsp3) is 0.861. The normalized spacial score (nSPS) is 11.4. The van der Waals surface area contributed by atoms with Crippen LogP contribution in [0.2, 0.25) is 0 Å². The van der Waals surface area contributed by atoms with Gasteiger partial charge in [-0.25, -0.2) is 4.57 Å². The molecule has 0 saturated carbocycles. The van der Waals surface area contributed by atoms with E-state index in [0.29, 0.717) is 0 Å². The smallest absolute Gasteiger partial charge is 0.169 e. The van der Waals surface area contributed by atoms with E-state index in [4.69, 9.17) is 0 Å². The van der Waals surface area contributed by atoms with E-state index in [0.717, 1.165) is 0 Å². The topological polar surface area (TPSA) is 3.88 Å². The highest BCUT2D eigenvalue weighted by molar-refractivity contribution is 5.07. The fourth-order valence-electron chi connectivity index (χ4n) is 5.64. The Morgan fingerprint density at radius 3 is 1.03 bits per heavy atom. The molecule has 216 valence electrons. The molecule has 0 atom stereocenters. The standard InChI is InChI=1S/C36H68N/c1-3-5-7-9-11-13-15-16-17-18-19-20-21-22-24-26-28-30-36-31-34-37(35-32-36)33-29-27-25-23-14-12-10-8-6-4-2/h31-32,34-35H,3-30,33H2,1-2H3/q+1. The molecule has 1 aromatic heterocycles. The van der Waals surface area contributed by atoms with Crippen LogP contribution < -0.4 is 4.57 Å². The number of aromatic nitrogens is 1. The van der Waals surface area contributed by atoms with Gasteiger partial charge in [-0.15, -0.1) is 0 Å². The largest absolute Gasteiger partial charge is 0.205 e. The molecule has 0 aliphatic rings. The van der Waals surface area contributed by atoms with Crippen molar-refractivity contribution >= 4 is 0 Å². The van der Waals surface area contributed by atoms with Crippen LogP contribution in [0.5, 0.6) is 0 Å². The van der Waals surface area contributed by atoms with Gasteiger partial charge in [0.25, 0.3) is 0 Å². The van der Waals surface area contributed by atoms with Gasteiger partial charge in [0.15, 0.2) is 12.4 Å². The first-order valence-electron chi connectivity index (χ1n) is 17.3. The Balaban J connectivity index is 1.83. The molecule has 0 radical (unpaired) electrons. The number of rotatable bonds is 29. The number of hydrogen-bond acceptors (Lipinski definition) is 0. The van der Waals surface area contributed by atoms with Gasteiger partial charge in [-0.1, -0.05) is 168 Å². The predicted octanol–water partition coefficient (Wildman–Crippen LogP) is 12.1. The zero-order valence-corrected chi connectivity index (χ0v) is 25.8. The molecular weight excluding hydrogens is 446 g/mol. The van der Waals surface area contributed by atoms with Crippen LogP contribution in [0.3, 0.4) is 0 Å². The van der Waals surface area contributed by atoms with E-state index in [2.05, 4.69) is 42.9 Å². The maximum absolute atomic E-state index is 2.39. The van der Waals surface area contributed by atoms with Gasteiger partial charge in [0.2, 0.25) is 0 Å². The van der Waals surface area contributed by atoms with Crippen molar-refractivity contribution in [2.45, 2.75) is 200 Å². The van der Waals surface area contributed by atoms with Crippen LogP contribution in [-0.2, 0) is 13.0 Å². The summed E-state index contributed by atoms with van der Waals surface area (Å²) in [6, 6.07) is 4.73. The van der Waals surface area contributed by atoms with Crippen molar-refractivity contribution in [3.05, 3.63) is 30.1 Å². The highest BCUT2D eigenvalue weighted by Gasteiger charge is 2.02. The molecule has 0 aliphatic heterocycles. The fourth-order valence-corrected chi connectivity index (χ4v) is 5.64. The molecule has 0 aliphatic carbocycles. The quantitative estimate of drug-likeness (QED) is 0.0739. The van der Waals surface area contributed by atoms with Crippen LogP contribution in [0.4, 0.5) is 0 Å². The third-order valence-electron chi connectivity index (χ3n) is 8.30. The minimum Gasteiger partial charge on any atom is -0.205 e. The van der Waals surface area contributed by atoms with Gasteiger partial charge in [0.1, 0.15) is 6.54 Å². The average molecular weight is 515 g/mol. The molecule has 1 aromatic rings. The summed E-state index contributed by atoms with van der Waals surface area (Å²) in [5.74, 6) is 0. The Kier molecular flexibility index (Phi) is 26.0. The predicted molar refractivity (Wildman–Crippen MR) is 166 cm³/mol. The molecule has 1 heteroatoms. The van der Waals surface area contributed by atoms with Crippen LogP contribution in [0, 0.1) is 0 Å². The Morgan fingerprint density at radius 2 is 0.676 bits per heavy atom. The van der Waals surface area contributed by atoms with Crippen molar-refractivity contribution in [2.75, 3.05) is 0 Å². The Bertz CT molecular complexity index is 548. The van der Waals surface area contributed by atoms with Gasteiger partial charge in [-0.2, -0.15) is 0 Å². The first-order valence-corrected chi connectivity index (χ1v) is 17.3. The Hall–Kier alpha value is -0.850. The molecule has 0 aromatic carbocycles. The van der Waals surface area contributed by atoms with Crippen molar-refractivity contribution in [1.29, 1.82) is 0 Å². The lowest BCUT2D eigenvalue weighted by atomic mass is 10.0. The molecule has 0 saturated heterocycles. The number of pyridine rings is 1. The number of aryl methyl sites for hydroxylation is 2. The van der Waals surface area contributed by atoms with Gasteiger partial charge in [-0.3, -0.25) is 0 Å². The van der Waals surface area contributed by atoms with Gasteiger partial charge >= 0.3 is 0 Å². The SMILES string of the molecule is CCCCCCCCCCCCCCCCCCCc1cc[n+](CCCCCCCCCCCC)cc1. The molecule has 37 heavy (non-hydrogen) atoms. The third kappa shape index (κ3) is 24.0. The molecular formula is C36H68N+. The van der Waals surface area contributed by atoms with Gasteiger partial charge in [0.05, 0.1) is 0 Å². The molecule has 0 spiro atoms. The summed E-state index contributed by atoms with van der Waals surface area (Å²) in [4.78, 5) is 0. The maximum Gasteiger partial charge on any atom is 0.169 e. The summed E-state index contributed by atoms with van der Waals surface area (Å²) in [5.41, 5.74) is 1.53. The first kappa shape index (κ1) is 34.2. The minimum atomic E-state index is 1.19. The van der Waals surface area contributed by atoms with Crippen molar-refractivity contribution in [1.82, 2.24) is 0 Å². The van der Waals surface area contributed by atoms with Crippen molar-refractivity contribution in [3.8, 4) is 0 Å². The van der Waals surface area contributed by atoms with E-state index in [1.807, 2.05) is 0 Å². The second-order valence-corrected chi connectivity index (χ2v) is 12.0. The highest BCUT2D eigenvalue weighted by Crippen LogP contribution is 2.15. The van der Waals surface area contributed by atoms with Crippen LogP contribution >= 0.6 is 0 Å². The van der Waals surface area contributed by atoms with Gasteiger partial charge < -0.3 is 0 Å². The van der Waals surface area contributed by atoms with Crippen molar-refractivity contribution in [2.24, 2.45) is 0 Å². The van der Waals surface area contributed by atoms with E-state index < -0.39 is 0 Å². The van der Waals surface area contributed by atoms with Crippen LogP contribution in [0.25, 0.3) is 0 Å². The number of hydrogen-bond donors (Lipinski definition) is 0. The summed E-state index contributed by atoms with van der Waals surface area (Å²) in [7, 11) is 0. The zero-order chi connectivity index (χ0) is 26.5. The molecule has 0 bridgehead atoms. The second kappa shape index (κ2) is 28.2. The van der Waals surface area contributed by atoms with E-state index >= 15 is 0 Å². The summed E-state index contributed by atoms with van der Waals surface area (Å²) in [6.07, 6.45) is 44.7. The van der Waals surface area contributed by atoms with Crippen molar-refractivity contribution < 1.29 is 4.57 Å². The first-order chi connectivity index (χ1) is 18.4. The lowest BCUT2D eigenvalue weighted by Crippen LogP contribution is -2.32. The average Bonchev–Trinajstić information content (AvgIpc) is 2.92. The van der Waals surface area contributed by atoms with Gasteiger partial charge in [-0.05, 0) is 24.8 Å². The summed E-state index contributed by atoms with van der Waals surface area (Å²) in [5, 5.41) is 0. The molecule has 1 heterocycles. The van der Waals surface area contributed by atoms with E-state index in [1.54, 1.807) is 0 Å². The number of unbranched alkanes of at least 4 members (excludes halogenated alkanes) is 25. The van der Waals surface area contributed by atoms with Crippen LogP contribution in [-0.4, -0.2) is 0 Å². The molecule has 0 N–H and O–H groups in total. The lowest BCUT2D eigenvalue weighted by molar-refractivity contribution is -0.697. The monoisotopic (exact) mass is 515 g/mol. The van der Waals surface area contributed by atoms with Crippen LogP contribution in [0.1, 0.15) is 193 Å². The summed E-state index contributed by atoms with van der Waals surface area (Å²) in [6.45, 7) is 5.79. The molecule has 1 nitrogen and oxygen atoms in total. The number of nitrogens with zero attached hydrogens (tertiary/aromatic N) is 1. The van der Waals surface area contributed by atoms with Gasteiger partial charge in [0, 0.05) is 18.6 Å². The van der Waals surface area contributed by atoms with E-state index in [1.165, 1.54) is 192 Å². The highest BCUT2D eigenvalue weighted by atomic mass is 14.9. The summed E-state index contributed by atoms with van der Waals surface area (Å²) < 4.78 is 2.39. The molecule has 1 rings (SSSR count). The molecule has 0 fully saturated rings. The minimum absolute atomic E-state index is 1.19.